The maximum atomic E-state index is 5.35. The summed E-state index contributed by atoms with van der Waals surface area (Å²) in [5.41, 5.74) is 1.18. The molecule has 0 aliphatic carbocycles. The lowest BCUT2D eigenvalue weighted by Crippen LogP contribution is -2.10. The highest BCUT2D eigenvalue weighted by atomic mass is 16.5. The molecule has 22 heavy (non-hydrogen) atoms. The molecule has 0 fully saturated rings. The van der Waals surface area contributed by atoms with Crippen molar-refractivity contribution in [1.29, 1.82) is 0 Å². The van der Waals surface area contributed by atoms with Crippen molar-refractivity contribution >= 4 is 11.8 Å². The molecule has 1 aromatic carbocycles. The molecule has 1 heterocycles. The van der Waals surface area contributed by atoms with E-state index in [1.807, 2.05) is 24.3 Å². The molecule has 5 heteroatoms. The van der Waals surface area contributed by atoms with Crippen LogP contribution in [0.15, 0.2) is 36.5 Å². The predicted octanol–water partition coefficient (Wildman–Crippen LogP) is 3.35. The molecule has 0 saturated heterocycles. The molecule has 0 spiro atoms. The van der Waals surface area contributed by atoms with E-state index in [-0.39, 0.29) is 0 Å². The molecule has 118 valence electrons. The van der Waals surface area contributed by atoms with Crippen LogP contribution in [0.3, 0.4) is 0 Å². The zero-order valence-corrected chi connectivity index (χ0v) is 13.3. The van der Waals surface area contributed by atoms with Gasteiger partial charge >= 0.3 is 0 Å². The summed E-state index contributed by atoms with van der Waals surface area (Å²) in [7, 11) is 1.70. The van der Waals surface area contributed by atoms with Crippen LogP contribution >= 0.6 is 0 Å². The maximum Gasteiger partial charge on any atom is 0.224 e. The van der Waals surface area contributed by atoms with E-state index in [1.165, 1.54) is 12.0 Å². The number of aromatic nitrogens is 2. The van der Waals surface area contributed by atoms with Crippen molar-refractivity contribution in [2.45, 2.75) is 26.2 Å². The van der Waals surface area contributed by atoms with E-state index in [0.29, 0.717) is 5.95 Å². The number of unbranched alkanes of at least 4 members (excludes halogenated alkanes) is 1. The molecule has 0 bridgehead atoms. The van der Waals surface area contributed by atoms with Gasteiger partial charge in [0.15, 0.2) is 0 Å². The molecule has 0 amide bonds. The largest absolute Gasteiger partial charge is 0.496 e. The monoisotopic (exact) mass is 300 g/mol. The van der Waals surface area contributed by atoms with Crippen LogP contribution < -0.4 is 15.4 Å². The van der Waals surface area contributed by atoms with Gasteiger partial charge in [-0.15, -0.1) is 0 Å². The lowest BCUT2D eigenvalue weighted by atomic mass is 10.1. The summed E-state index contributed by atoms with van der Waals surface area (Å²) in [6.07, 6.45) is 4.94. The zero-order chi connectivity index (χ0) is 15.6. The second-order valence-electron chi connectivity index (χ2n) is 5.03. The summed E-state index contributed by atoms with van der Waals surface area (Å²) in [5.74, 6) is 2.43. The fraction of sp³-hybridized carbons (Fsp3) is 0.412. The Morgan fingerprint density at radius 3 is 2.77 bits per heavy atom. The number of hydrogen-bond acceptors (Lipinski definition) is 5. The van der Waals surface area contributed by atoms with E-state index >= 15 is 0 Å². The van der Waals surface area contributed by atoms with Crippen molar-refractivity contribution in [2.75, 3.05) is 30.8 Å². The number of rotatable bonds is 9. The number of hydrogen-bond donors (Lipinski definition) is 2. The van der Waals surface area contributed by atoms with Gasteiger partial charge in [0.05, 0.1) is 7.11 Å². The smallest absolute Gasteiger partial charge is 0.224 e. The quantitative estimate of drug-likeness (QED) is 0.695. The van der Waals surface area contributed by atoms with E-state index in [0.717, 1.165) is 37.5 Å². The average Bonchev–Trinajstić information content (AvgIpc) is 2.56. The van der Waals surface area contributed by atoms with Gasteiger partial charge in [0.25, 0.3) is 0 Å². The van der Waals surface area contributed by atoms with Gasteiger partial charge in [-0.1, -0.05) is 31.5 Å². The maximum absolute atomic E-state index is 5.35. The van der Waals surface area contributed by atoms with Crippen molar-refractivity contribution in [3.63, 3.8) is 0 Å². The number of anilines is 2. The zero-order valence-electron chi connectivity index (χ0n) is 13.3. The van der Waals surface area contributed by atoms with E-state index < -0.39 is 0 Å². The number of para-hydroxylation sites is 1. The van der Waals surface area contributed by atoms with Crippen molar-refractivity contribution < 1.29 is 4.74 Å². The molecule has 2 N–H and O–H groups in total. The van der Waals surface area contributed by atoms with Crippen LogP contribution in [-0.4, -0.2) is 30.2 Å². The fourth-order valence-corrected chi connectivity index (χ4v) is 2.15. The van der Waals surface area contributed by atoms with Crippen molar-refractivity contribution in [3.8, 4) is 5.75 Å². The molecule has 0 unspecified atom stereocenters. The van der Waals surface area contributed by atoms with E-state index in [9.17, 15) is 0 Å². The van der Waals surface area contributed by atoms with E-state index in [1.54, 1.807) is 13.3 Å². The molecular weight excluding hydrogens is 276 g/mol. The summed E-state index contributed by atoms with van der Waals surface area (Å²) in [5, 5.41) is 6.56. The molecular formula is C17H24N4O. The Kier molecular flexibility index (Phi) is 6.48. The first-order chi connectivity index (χ1) is 10.8. The first kappa shape index (κ1) is 16.1. The van der Waals surface area contributed by atoms with Gasteiger partial charge in [0.1, 0.15) is 11.6 Å². The third-order valence-electron chi connectivity index (χ3n) is 3.36. The lowest BCUT2D eigenvalue weighted by Gasteiger charge is -2.10. The second-order valence-corrected chi connectivity index (χ2v) is 5.03. The number of nitrogens with one attached hydrogen (secondary N) is 2. The topological polar surface area (TPSA) is 59.1 Å². The van der Waals surface area contributed by atoms with Gasteiger partial charge in [-0.05, 0) is 30.5 Å². The molecule has 1 aromatic heterocycles. The molecule has 0 atom stereocenters. The van der Waals surface area contributed by atoms with Crippen LogP contribution in [0, 0.1) is 0 Å². The van der Waals surface area contributed by atoms with Gasteiger partial charge < -0.3 is 15.4 Å². The van der Waals surface area contributed by atoms with Crippen LogP contribution in [-0.2, 0) is 6.42 Å². The second kappa shape index (κ2) is 8.87. The van der Waals surface area contributed by atoms with Gasteiger partial charge in [-0.3, -0.25) is 0 Å². The highest BCUT2D eigenvalue weighted by Crippen LogP contribution is 2.17. The van der Waals surface area contributed by atoms with E-state index in [2.05, 4.69) is 33.6 Å². The first-order valence-electron chi connectivity index (χ1n) is 7.76. The number of benzene rings is 1. The van der Waals surface area contributed by atoms with Crippen molar-refractivity contribution in [2.24, 2.45) is 0 Å². The Labute approximate surface area is 132 Å². The van der Waals surface area contributed by atoms with Crippen LogP contribution in [0.25, 0.3) is 0 Å². The number of nitrogens with zero attached hydrogens (tertiary/aromatic N) is 2. The molecule has 0 radical (unpaired) electrons. The van der Waals surface area contributed by atoms with Gasteiger partial charge in [-0.2, -0.15) is 4.98 Å². The summed E-state index contributed by atoms with van der Waals surface area (Å²) in [6, 6.07) is 9.94. The summed E-state index contributed by atoms with van der Waals surface area (Å²) in [4.78, 5) is 8.70. The molecule has 2 rings (SSSR count). The number of methoxy groups -OCH3 is 1. The van der Waals surface area contributed by atoms with Crippen LogP contribution in [0.5, 0.6) is 5.75 Å². The molecule has 0 saturated carbocycles. The Balaban J connectivity index is 1.85. The summed E-state index contributed by atoms with van der Waals surface area (Å²) >= 11 is 0. The van der Waals surface area contributed by atoms with Gasteiger partial charge in [0.2, 0.25) is 5.95 Å². The standard InChI is InChI=1S/C17H24N4O/c1-3-4-11-18-16-10-13-20-17(21-16)19-12-9-14-7-5-6-8-15(14)22-2/h5-8,10,13H,3-4,9,11-12H2,1-2H3,(H2,18,19,20,21). The molecule has 5 nitrogen and oxygen atoms in total. The first-order valence-corrected chi connectivity index (χ1v) is 7.76. The minimum Gasteiger partial charge on any atom is -0.496 e. The highest BCUT2D eigenvalue weighted by Gasteiger charge is 2.02. The summed E-state index contributed by atoms with van der Waals surface area (Å²) < 4.78 is 5.35. The highest BCUT2D eigenvalue weighted by molar-refractivity contribution is 5.40. The Bertz CT molecular complexity index is 574. The molecule has 0 aliphatic rings. The third-order valence-corrected chi connectivity index (χ3v) is 3.36. The van der Waals surface area contributed by atoms with Crippen molar-refractivity contribution in [1.82, 2.24) is 9.97 Å². The lowest BCUT2D eigenvalue weighted by molar-refractivity contribution is 0.410. The predicted molar refractivity (Wildman–Crippen MR) is 90.6 cm³/mol. The minimum absolute atomic E-state index is 0.649. The molecule has 2 aromatic rings. The third kappa shape index (κ3) is 4.91. The summed E-state index contributed by atoms with van der Waals surface area (Å²) in [6.45, 7) is 3.87. The van der Waals surface area contributed by atoms with E-state index in [4.69, 9.17) is 4.74 Å². The Morgan fingerprint density at radius 1 is 1.09 bits per heavy atom. The normalized spacial score (nSPS) is 10.3. The Hall–Kier alpha value is -2.30. The van der Waals surface area contributed by atoms with Crippen molar-refractivity contribution in [3.05, 3.63) is 42.1 Å². The molecule has 0 aliphatic heterocycles. The van der Waals surface area contributed by atoms with Crippen LogP contribution in [0.2, 0.25) is 0 Å². The number of ether oxygens (including phenoxy) is 1. The minimum atomic E-state index is 0.649. The SMILES string of the molecule is CCCCNc1ccnc(NCCc2ccccc2OC)n1. The average molecular weight is 300 g/mol. The van der Waals surface area contributed by atoms with Gasteiger partial charge in [0, 0.05) is 19.3 Å². The fourth-order valence-electron chi connectivity index (χ4n) is 2.15. The Morgan fingerprint density at radius 2 is 1.95 bits per heavy atom. The van der Waals surface area contributed by atoms with Crippen LogP contribution in [0.4, 0.5) is 11.8 Å². The van der Waals surface area contributed by atoms with Gasteiger partial charge in [-0.25, -0.2) is 4.98 Å². The van der Waals surface area contributed by atoms with Crippen LogP contribution in [0.1, 0.15) is 25.3 Å².